The standard InChI is InChI=1S/C11H8F3NS/c12-11(13,14)10-9(8(15)6-16-10)7-4-2-1-3-5-7/h1-6H,15H2. The normalized spacial score (nSPS) is 11.7. The molecule has 1 aromatic carbocycles. The molecule has 0 atom stereocenters. The van der Waals surface area contributed by atoms with Gasteiger partial charge in [-0.15, -0.1) is 11.3 Å². The van der Waals surface area contributed by atoms with Crippen molar-refractivity contribution in [3.05, 3.63) is 40.6 Å². The van der Waals surface area contributed by atoms with Crippen molar-refractivity contribution in [2.75, 3.05) is 5.73 Å². The van der Waals surface area contributed by atoms with Gasteiger partial charge in [0, 0.05) is 10.9 Å². The third-order valence-corrected chi connectivity index (χ3v) is 3.18. The molecule has 0 fully saturated rings. The average Bonchev–Trinajstić information content (AvgIpc) is 2.61. The fraction of sp³-hybridized carbons (Fsp3) is 0.0909. The molecule has 0 aliphatic rings. The van der Waals surface area contributed by atoms with E-state index in [4.69, 9.17) is 5.73 Å². The summed E-state index contributed by atoms with van der Waals surface area (Å²) < 4.78 is 38.1. The summed E-state index contributed by atoms with van der Waals surface area (Å²) in [5.74, 6) is 0. The SMILES string of the molecule is Nc1csc(C(F)(F)F)c1-c1ccccc1. The summed E-state index contributed by atoms with van der Waals surface area (Å²) in [6.45, 7) is 0. The maximum absolute atomic E-state index is 12.7. The van der Waals surface area contributed by atoms with Crippen molar-refractivity contribution in [2.45, 2.75) is 6.18 Å². The zero-order chi connectivity index (χ0) is 11.8. The first-order valence-electron chi connectivity index (χ1n) is 4.49. The van der Waals surface area contributed by atoms with E-state index in [-0.39, 0.29) is 11.3 Å². The highest BCUT2D eigenvalue weighted by molar-refractivity contribution is 7.11. The third kappa shape index (κ3) is 1.90. The number of thiophene rings is 1. The lowest BCUT2D eigenvalue weighted by Gasteiger charge is -2.08. The summed E-state index contributed by atoms with van der Waals surface area (Å²) in [5.41, 5.74) is 6.33. The Morgan fingerprint density at radius 3 is 2.25 bits per heavy atom. The predicted octanol–water partition coefficient (Wildman–Crippen LogP) is 4.02. The van der Waals surface area contributed by atoms with Crippen LogP contribution in [0.25, 0.3) is 11.1 Å². The molecule has 0 saturated heterocycles. The van der Waals surface area contributed by atoms with E-state index in [2.05, 4.69) is 0 Å². The smallest absolute Gasteiger partial charge is 0.398 e. The van der Waals surface area contributed by atoms with Gasteiger partial charge in [0.05, 0.1) is 5.69 Å². The Kier molecular flexibility index (Phi) is 2.63. The molecule has 0 radical (unpaired) electrons. The molecular weight excluding hydrogens is 235 g/mol. The van der Waals surface area contributed by atoms with Gasteiger partial charge in [-0.3, -0.25) is 0 Å². The van der Waals surface area contributed by atoms with Crippen molar-refractivity contribution in [2.24, 2.45) is 0 Å². The number of rotatable bonds is 1. The maximum atomic E-state index is 12.7. The molecule has 0 aliphatic carbocycles. The van der Waals surface area contributed by atoms with Gasteiger partial charge in [-0.2, -0.15) is 13.2 Å². The number of alkyl halides is 3. The molecule has 2 aromatic rings. The summed E-state index contributed by atoms with van der Waals surface area (Å²) in [7, 11) is 0. The third-order valence-electron chi connectivity index (χ3n) is 2.14. The Labute approximate surface area is 94.3 Å². The number of benzene rings is 1. The van der Waals surface area contributed by atoms with E-state index < -0.39 is 11.1 Å². The highest BCUT2D eigenvalue weighted by Crippen LogP contribution is 2.44. The quantitative estimate of drug-likeness (QED) is 0.804. The Balaban J connectivity index is 2.61. The highest BCUT2D eigenvalue weighted by Gasteiger charge is 2.36. The van der Waals surface area contributed by atoms with Crippen LogP contribution in [0.1, 0.15) is 4.88 Å². The number of halogens is 3. The minimum absolute atomic E-state index is 0.0816. The largest absolute Gasteiger partial charge is 0.426 e. The van der Waals surface area contributed by atoms with Gasteiger partial charge < -0.3 is 5.73 Å². The fourth-order valence-corrected chi connectivity index (χ4v) is 2.33. The van der Waals surface area contributed by atoms with Gasteiger partial charge in [-0.25, -0.2) is 0 Å². The maximum Gasteiger partial charge on any atom is 0.426 e. The molecule has 5 heteroatoms. The zero-order valence-corrected chi connectivity index (χ0v) is 8.90. The molecule has 1 aromatic heterocycles. The Morgan fingerprint density at radius 1 is 1.06 bits per heavy atom. The molecule has 16 heavy (non-hydrogen) atoms. The molecule has 0 saturated carbocycles. The molecule has 0 amide bonds. The van der Waals surface area contributed by atoms with Crippen LogP contribution in [-0.2, 0) is 6.18 Å². The summed E-state index contributed by atoms with van der Waals surface area (Å²) in [5, 5.41) is 1.32. The molecule has 84 valence electrons. The predicted molar refractivity (Wildman–Crippen MR) is 59.2 cm³/mol. The second-order valence-corrected chi connectivity index (χ2v) is 4.14. The Morgan fingerprint density at radius 2 is 1.69 bits per heavy atom. The number of nitrogen functional groups attached to an aromatic ring is 1. The van der Waals surface area contributed by atoms with Crippen molar-refractivity contribution in [1.29, 1.82) is 0 Å². The lowest BCUT2D eigenvalue weighted by atomic mass is 10.1. The van der Waals surface area contributed by atoms with Crippen LogP contribution in [0, 0.1) is 0 Å². The van der Waals surface area contributed by atoms with Gasteiger partial charge in [0.1, 0.15) is 4.88 Å². The van der Waals surface area contributed by atoms with Crippen LogP contribution in [-0.4, -0.2) is 0 Å². The molecule has 2 N–H and O–H groups in total. The molecular formula is C11H8F3NS. The first-order chi connectivity index (χ1) is 7.50. The topological polar surface area (TPSA) is 26.0 Å². The van der Waals surface area contributed by atoms with Crippen molar-refractivity contribution < 1.29 is 13.2 Å². The minimum atomic E-state index is -4.35. The summed E-state index contributed by atoms with van der Waals surface area (Å²) in [6, 6.07) is 8.36. The Bertz CT molecular complexity index is 488. The van der Waals surface area contributed by atoms with Crippen LogP contribution < -0.4 is 5.73 Å². The van der Waals surface area contributed by atoms with E-state index in [1.807, 2.05) is 0 Å². The first-order valence-corrected chi connectivity index (χ1v) is 5.37. The second-order valence-electron chi connectivity index (χ2n) is 3.26. The number of nitrogens with two attached hydrogens (primary N) is 1. The minimum Gasteiger partial charge on any atom is -0.398 e. The molecule has 0 spiro atoms. The molecule has 0 bridgehead atoms. The zero-order valence-electron chi connectivity index (χ0n) is 8.08. The van der Waals surface area contributed by atoms with Gasteiger partial charge in [0.15, 0.2) is 0 Å². The van der Waals surface area contributed by atoms with Crippen LogP contribution in [0.2, 0.25) is 0 Å². The molecule has 0 aliphatic heterocycles. The van der Waals surface area contributed by atoms with Crippen LogP contribution in [0.15, 0.2) is 35.7 Å². The molecule has 1 heterocycles. The van der Waals surface area contributed by atoms with E-state index in [9.17, 15) is 13.2 Å². The number of hydrogen-bond acceptors (Lipinski definition) is 2. The van der Waals surface area contributed by atoms with Crippen LogP contribution in [0.5, 0.6) is 0 Å². The second kappa shape index (κ2) is 3.83. The van der Waals surface area contributed by atoms with Gasteiger partial charge >= 0.3 is 6.18 Å². The average molecular weight is 243 g/mol. The lowest BCUT2D eigenvalue weighted by Crippen LogP contribution is -2.04. The van der Waals surface area contributed by atoms with Gasteiger partial charge in [0.2, 0.25) is 0 Å². The lowest BCUT2D eigenvalue weighted by molar-refractivity contribution is -0.133. The highest BCUT2D eigenvalue weighted by atomic mass is 32.1. The van der Waals surface area contributed by atoms with E-state index in [0.717, 1.165) is 0 Å². The van der Waals surface area contributed by atoms with Crippen molar-refractivity contribution in [3.8, 4) is 11.1 Å². The van der Waals surface area contributed by atoms with E-state index in [0.29, 0.717) is 16.9 Å². The fourth-order valence-electron chi connectivity index (χ4n) is 1.48. The summed E-state index contributed by atoms with van der Waals surface area (Å²) in [4.78, 5) is -0.642. The monoisotopic (exact) mass is 243 g/mol. The summed E-state index contributed by atoms with van der Waals surface area (Å²) in [6.07, 6.45) is -4.35. The summed E-state index contributed by atoms with van der Waals surface area (Å²) >= 11 is 0.628. The number of hydrogen-bond donors (Lipinski definition) is 1. The van der Waals surface area contributed by atoms with Crippen LogP contribution in [0.3, 0.4) is 0 Å². The van der Waals surface area contributed by atoms with Crippen LogP contribution >= 0.6 is 11.3 Å². The van der Waals surface area contributed by atoms with Crippen molar-refractivity contribution in [3.63, 3.8) is 0 Å². The van der Waals surface area contributed by atoms with Crippen molar-refractivity contribution >= 4 is 17.0 Å². The van der Waals surface area contributed by atoms with Crippen molar-refractivity contribution in [1.82, 2.24) is 0 Å². The van der Waals surface area contributed by atoms with Gasteiger partial charge in [-0.05, 0) is 5.56 Å². The van der Waals surface area contributed by atoms with Gasteiger partial charge in [0.25, 0.3) is 0 Å². The van der Waals surface area contributed by atoms with E-state index in [1.54, 1.807) is 30.3 Å². The van der Waals surface area contributed by atoms with E-state index in [1.165, 1.54) is 5.38 Å². The Hall–Kier alpha value is -1.49. The molecule has 0 unspecified atom stereocenters. The first kappa shape index (κ1) is 11.0. The number of anilines is 1. The van der Waals surface area contributed by atoms with Gasteiger partial charge in [-0.1, -0.05) is 30.3 Å². The molecule has 2 rings (SSSR count). The molecule has 1 nitrogen and oxygen atoms in total. The van der Waals surface area contributed by atoms with E-state index >= 15 is 0 Å². The van der Waals surface area contributed by atoms with Crippen LogP contribution in [0.4, 0.5) is 18.9 Å².